The second kappa shape index (κ2) is 12.6. The predicted molar refractivity (Wildman–Crippen MR) is 134 cm³/mol. The summed E-state index contributed by atoms with van der Waals surface area (Å²) in [6.45, 7) is 4.80. The molecule has 2 aromatic carbocycles. The third-order valence-electron chi connectivity index (χ3n) is 5.21. The Morgan fingerprint density at radius 2 is 1.53 bits per heavy atom. The van der Waals surface area contributed by atoms with Crippen LogP contribution in [0, 0.1) is 6.92 Å². The maximum atomic E-state index is 12.3. The number of nitrogens with zero attached hydrogens (tertiary/aromatic N) is 2. The van der Waals surface area contributed by atoms with E-state index in [-0.39, 0.29) is 23.7 Å². The van der Waals surface area contributed by atoms with Crippen molar-refractivity contribution in [3.63, 3.8) is 0 Å². The third kappa shape index (κ3) is 9.89. The van der Waals surface area contributed by atoms with Gasteiger partial charge in [-0.15, -0.1) is 0 Å². The molecule has 3 rings (SSSR count). The summed E-state index contributed by atoms with van der Waals surface area (Å²) in [5, 5.41) is 19.5. The number of carbonyl (C=O) groups is 3. The molecule has 1 saturated heterocycles. The maximum Gasteiger partial charge on any atom is 0.490 e. The summed E-state index contributed by atoms with van der Waals surface area (Å²) in [5.74, 6) is -4.05. The van der Waals surface area contributed by atoms with E-state index in [4.69, 9.17) is 9.90 Å². The number of amides is 1. The van der Waals surface area contributed by atoms with Gasteiger partial charge in [0.15, 0.2) is 0 Å². The molecule has 0 atom stereocenters. The molecule has 0 unspecified atom stereocenters. The Balaban J connectivity index is 0.000000638. The van der Waals surface area contributed by atoms with Crippen molar-refractivity contribution in [2.45, 2.75) is 13.1 Å². The molecule has 11 nitrogen and oxygen atoms in total. The average Bonchev–Trinajstić information content (AvgIpc) is 2.80. The smallest absolute Gasteiger partial charge is 0.478 e. The molecule has 15 heteroatoms. The number of halogens is 3. The number of anilines is 3. The first-order chi connectivity index (χ1) is 17.5. The van der Waals surface area contributed by atoms with Gasteiger partial charge in [-0.2, -0.15) is 13.2 Å². The number of carboxylic acids is 2. The van der Waals surface area contributed by atoms with Crippen LogP contribution in [0.2, 0.25) is 0 Å². The van der Waals surface area contributed by atoms with Crippen molar-refractivity contribution in [3.8, 4) is 0 Å². The minimum absolute atomic E-state index is 0.0326. The number of benzene rings is 2. The normalized spacial score (nSPS) is 14.2. The first-order valence-electron chi connectivity index (χ1n) is 11.0. The van der Waals surface area contributed by atoms with Crippen LogP contribution in [-0.2, 0) is 19.6 Å². The summed E-state index contributed by atoms with van der Waals surface area (Å²) in [4.78, 5) is 36.8. The molecule has 4 N–H and O–H groups in total. The molecule has 208 valence electrons. The highest BCUT2D eigenvalue weighted by molar-refractivity contribution is 7.92. The SMILES string of the molecule is Cc1ccc(NC(=O)CN2CCN(c3ccc(NS(C)(=O)=O)c(C(=O)O)c3)CC2)cc1.O=C(O)C(F)(F)F. The number of hydrogen-bond acceptors (Lipinski definition) is 7. The van der Waals surface area contributed by atoms with Crippen molar-refractivity contribution in [1.29, 1.82) is 0 Å². The van der Waals surface area contributed by atoms with E-state index in [0.29, 0.717) is 31.9 Å². The first-order valence-corrected chi connectivity index (χ1v) is 12.9. The summed E-state index contributed by atoms with van der Waals surface area (Å²) in [5.41, 5.74) is 2.51. The molecule has 1 amide bonds. The Bertz CT molecular complexity index is 1260. The van der Waals surface area contributed by atoms with E-state index < -0.39 is 28.1 Å². The van der Waals surface area contributed by atoms with E-state index in [1.807, 2.05) is 41.0 Å². The van der Waals surface area contributed by atoms with Crippen LogP contribution in [0.15, 0.2) is 42.5 Å². The molecule has 2 aromatic rings. The van der Waals surface area contributed by atoms with Gasteiger partial charge in [0.25, 0.3) is 0 Å². The average molecular weight is 561 g/mol. The van der Waals surface area contributed by atoms with E-state index in [9.17, 15) is 36.3 Å². The molecule has 0 radical (unpaired) electrons. The van der Waals surface area contributed by atoms with Crippen molar-refractivity contribution in [2.75, 3.05) is 53.9 Å². The number of carboxylic acid groups (broad SMARTS) is 2. The Morgan fingerprint density at radius 1 is 0.974 bits per heavy atom. The van der Waals surface area contributed by atoms with Gasteiger partial charge >= 0.3 is 18.1 Å². The number of aromatic carboxylic acids is 1. The second-order valence-corrected chi connectivity index (χ2v) is 10.1. The lowest BCUT2D eigenvalue weighted by Gasteiger charge is -2.36. The van der Waals surface area contributed by atoms with E-state index in [0.717, 1.165) is 17.5 Å². The zero-order valence-corrected chi connectivity index (χ0v) is 21.3. The Hall–Kier alpha value is -3.85. The zero-order chi connectivity index (χ0) is 28.7. The number of aryl methyl sites for hydroxylation is 1. The van der Waals surface area contributed by atoms with Gasteiger partial charge in [0.05, 0.1) is 24.1 Å². The van der Waals surface area contributed by atoms with Crippen molar-refractivity contribution in [2.24, 2.45) is 0 Å². The summed E-state index contributed by atoms with van der Waals surface area (Å²) in [7, 11) is -3.59. The van der Waals surface area contributed by atoms with Crippen molar-refractivity contribution in [1.82, 2.24) is 4.90 Å². The Kier molecular flexibility index (Phi) is 10.1. The number of aliphatic carboxylic acids is 1. The minimum Gasteiger partial charge on any atom is -0.478 e. The molecular formula is C23H27F3N4O7S. The van der Waals surface area contributed by atoms with Crippen LogP contribution in [0.4, 0.5) is 30.2 Å². The standard InChI is InChI=1S/C21H26N4O5S.C2HF3O2/c1-15-3-5-16(6-4-15)22-20(26)14-24-9-11-25(12-10-24)17-7-8-19(23-31(2,29)30)18(13-17)21(27)28;3-2(4,5)1(6)7/h3-8,13,23H,9-12,14H2,1-2H3,(H,22,26)(H,27,28);(H,6,7). The molecular weight excluding hydrogens is 533 g/mol. The van der Waals surface area contributed by atoms with E-state index in [1.54, 1.807) is 6.07 Å². The fourth-order valence-electron chi connectivity index (χ4n) is 3.40. The van der Waals surface area contributed by atoms with Crippen LogP contribution >= 0.6 is 0 Å². The lowest BCUT2D eigenvalue weighted by Crippen LogP contribution is -2.48. The fraction of sp³-hybridized carbons (Fsp3) is 0.348. The van der Waals surface area contributed by atoms with Gasteiger partial charge in [-0.05, 0) is 37.3 Å². The van der Waals surface area contributed by atoms with Gasteiger partial charge in [-0.3, -0.25) is 14.4 Å². The number of nitrogens with one attached hydrogen (secondary N) is 2. The largest absolute Gasteiger partial charge is 0.490 e. The van der Waals surface area contributed by atoms with Crippen molar-refractivity contribution >= 4 is 44.9 Å². The van der Waals surface area contributed by atoms with Crippen molar-refractivity contribution < 1.29 is 46.2 Å². The van der Waals surface area contributed by atoms with Crippen LogP contribution in [0.3, 0.4) is 0 Å². The molecule has 38 heavy (non-hydrogen) atoms. The molecule has 1 heterocycles. The van der Waals surface area contributed by atoms with Crippen LogP contribution in [0.1, 0.15) is 15.9 Å². The van der Waals surface area contributed by atoms with Crippen LogP contribution < -0.4 is 14.9 Å². The van der Waals surface area contributed by atoms with Gasteiger partial charge in [-0.1, -0.05) is 17.7 Å². The number of rotatable bonds is 7. The third-order valence-corrected chi connectivity index (χ3v) is 5.80. The lowest BCUT2D eigenvalue weighted by atomic mass is 10.1. The summed E-state index contributed by atoms with van der Waals surface area (Å²) in [6, 6.07) is 12.2. The first kappa shape index (κ1) is 30.4. The number of alkyl halides is 3. The molecule has 0 spiro atoms. The number of hydrogen-bond donors (Lipinski definition) is 4. The van der Waals surface area contributed by atoms with Gasteiger partial charge < -0.3 is 20.4 Å². The van der Waals surface area contributed by atoms with Crippen LogP contribution in [-0.4, -0.2) is 86.5 Å². The number of piperazine rings is 1. The highest BCUT2D eigenvalue weighted by Gasteiger charge is 2.38. The van der Waals surface area contributed by atoms with Gasteiger partial charge in [-0.25, -0.2) is 18.0 Å². The van der Waals surface area contributed by atoms with Crippen LogP contribution in [0.5, 0.6) is 0 Å². The summed E-state index contributed by atoms with van der Waals surface area (Å²) in [6.07, 6.45) is -4.11. The van der Waals surface area contributed by atoms with Gasteiger partial charge in [0.1, 0.15) is 0 Å². The van der Waals surface area contributed by atoms with Crippen molar-refractivity contribution in [3.05, 3.63) is 53.6 Å². The Labute approximate surface area is 216 Å². The summed E-state index contributed by atoms with van der Waals surface area (Å²) < 4.78 is 56.9. The molecule has 1 aliphatic heterocycles. The second-order valence-electron chi connectivity index (χ2n) is 8.39. The predicted octanol–water partition coefficient (Wildman–Crippen LogP) is 2.46. The maximum absolute atomic E-state index is 12.3. The lowest BCUT2D eigenvalue weighted by molar-refractivity contribution is -0.192. The molecule has 0 aromatic heterocycles. The zero-order valence-electron chi connectivity index (χ0n) is 20.4. The van der Waals surface area contributed by atoms with E-state index in [1.165, 1.54) is 12.1 Å². The summed E-state index contributed by atoms with van der Waals surface area (Å²) >= 11 is 0. The minimum atomic E-state index is -5.08. The van der Waals surface area contributed by atoms with Crippen LogP contribution in [0.25, 0.3) is 0 Å². The Morgan fingerprint density at radius 3 is 2.00 bits per heavy atom. The van der Waals surface area contributed by atoms with E-state index >= 15 is 0 Å². The molecule has 0 saturated carbocycles. The molecule has 0 bridgehead atoms. The topological polar surface area (TPSA) is 156 Å². The van der Waals surface area contributed by atoms with E-state index in [2.05, 4.69) is 10.0 Å². The fourth-order valence-corrected chi connectivity index (χ4v) is 3.98. The molecule has 1 fully saturated rings. The van der Waals surface area contributed by atoms with Gasteiger partial charge in [0, 0.05) is 37.6 Å². The molecule has 0 aliphatic carbocycles. The monoisotopic (exact) mass is 560 g/mol. The number of sulfonamides is 1. The molecule has 1 aliphatic rings. The number of carbonyl (C=O) groups excluding carboxylic acids is 1. The quantitative estimate of drug-likeness (QED) is 0.399. The highest BCUT2D eigenvalue weighted by Crippen LogP contribution is 2.25. The van der Waals surface area contributed by atoms with Gasteiger partial charge in [0.2, 0.25) is 15.9 Å². The highest BCUT2D eigenvalue weighted by atomic mass is 32.2.